The Morgan fingerprint density at radius 3 is 2.81 bits per heavy atom. The quantitative estimate of drug-likeness (QED) is 0.933. The fraction of sp³-hybridized carbons (Fsp3) is 0.294. The van der Waals surface area contributed by atoms with Crippen LogP contribution in [0.3, 0.4) is 0 Å². The molecule has 0 unspecified atom stereocenters. The highest BCUT2D eigenvalue weighted by atomic mass is 16.2. The van der Waals surface area contributed by atoms with E-state index in [1.807, 2.05) is 42.3 Å². The summed E-state index contributed by atoms with van der Waals surface area (Å²) in [4.78, 5) is 18.3. The Labute approximate surface area is 124 Å². The average Bonchev–Trinajstić information content (AvgIpc) is 2.97. The summed E-state index contributed by atoms with van der Waals surface area (Å²) in [6.07, 6.45) is 5.19. The van der Waals surface area contributed by atoms with E-state index in [4.69, 9.17) is 0 Å². The Balaban J connectivity index is 1.56. The molecule has 0 aliphatic carbocycles. The van der Waals surface area contributed by atoms with Gasteiger partial charge in [0.2, 0.25) is 5.91 Å². The molecule has 1 aliphatic rings. The van der Waals surface area contributed by atoms with Crippen LogP contribution in [-0.4, -0.2) is 35.4 Å². The summed E-state index contributed by atoms with van der Waals surface area (Å²) in [5.74, 6) is 0.153. The summed E-state index contributed by atoms with van der Waals surface area (Å²) in [5.41, 5.74) is 3.50. The van der Waals surface area contributed by atoms with Crippen molar-refractivity contribution in [3.63, 3.8) is 0 Å². The summed E-state index contributed by atoms with van der Waals surface area (Å²) in [7, 11) is 1.87. The highest BCUT2D eigenvalue weighted by Crippen LogP contribution is 2.25. The van der Waals surface area contributed by atoms with Crippen molar-refractivity contribution in [1.82, 2.24) is 9.88 Å². The van der Waals surface area contributed by atoms with E-state index in [9.17, 15) is 4.79 Å². The number of nitrogens with zero attached hydrogens (tertiary/aromatic N) is 2. The summed E-state index contributed by atoms with van der Waals surface area (Å²) in [6, 6.07) is 12.0. The lowest BCUT2D eigenvalue weighted by Crippen LogP contribution is -2.40. The molecule has 0 bridgehead atoms. The molecule has 1 amide bonds. The first-order chi connectivity index (χ1) is 10.2. The second-order valence-electron chi connectivity index (χ2n) is 5.42. The molecule has 108 valence electrons. The van der Waals surface area contributed by atoms with Gasteiger partial charge < -0.3 is 10.2 Å². The van der Waals surface area contributed by atoms with Gasteiger partial charge >= 0.3 is 0 Å². The van der Waals surface area contributed by atoms with Gasteiger partial charge in [0.25, 0.3) is 0 Å². The first kappa shape index (κ1) is 13.6. The SMILES string of the molecule is CN(CCc1ccncc1)C(=O)[C@@H]1Cc2ccccc2N1. The van der Waals surface area contributed by atoms with E-state index in [2.05, 4.69) is 16.4 Å². The number of hydrogen-bond acceptors (Lipinski definition) is 3. The molecule has 1 aromatic carbocycles. The molecule has 0 radical (unpaired) electrons. The summed E-state index contributed by atoms with van der Waals surface area (Å²) in [5, 5.41) is 3.31. The fourth-order valence-corrected chi connectivity index (χ4v) is 2.67. The molecule has 4 heteroatoms. The Morgan fingerprint density at radius 2 is 2.05 bits per heavy atom. The number of fused-ring (bicyclic) bond motifs is 1. The van der Waals surface area contributed by atoms with Crippen molar-refractivity contribution in [3.8, 4) is 0 Å². The monoisotopic (exact) mass is 281 g/mol. The molecule has 21 heavy (non-hydrogen) atoms. The number of rotatable bonds is 4. The minimum Gasteiger partial charge on any atom is -0.373 e. The normalized spacial score (nSPS) is 16.1. The van der Waals surface area contributed by atoms with Crippen LogP contribution < -0.4 is 5.32 Å². The lowest BCUT2D eigenvalue weighted by Gasteiger charge is -2.21. The zero-order chi connectivity index (χ0) is 14.7. The molecule has 1 N–H and O–H groups in total. The predicted octanol–water partition coefficient (Wildman–Crippen LogP) is 2.12. The zero-order valence-corrected chi connectivity index (χ0v) is 12.1. The van der Waals surface area contributed by atoms with E-state index < -0.39 is 0 Å². The van der Waals surface area contributed by atoms with Crippen LogP contribution in [0.4, 0.5) is 5.69 Å². The molecular weight excluding hydrogens is 262 g/mol. The van der Waals surface area contributed by atoms with Gasteiger partial charge in [0, 0.05) is 38.1 Å². The van der Waals surface area contributed by atoms with Gasteiger partial charge in [0.05, 0.1) is 0 Å². The first-order valence-corrected chi connectivity index (χ1v) is 7.22. The number of likely N-dealkylation sites (N-methyl/N-ethyl adjacent to an activating group) is 1. The first-order valence-electron chi connectivity index (χ1n) is 7.22. The predicted molar refractivity (Wildman–Crippen MR) is 83.1 cm³/mol. The molecule has 1 aromatic heterocycles. The van der Waals surface area contributed by atoms with Crippen molar-refractivity contribution in [2.24, 2.45) is 0 Å². The number of amides is 1. The van der Waals surface area contributed by atoms with Crippen molar-refractivity contribution >= 4 is 11.6 Å². The highest BCUT2D eigenvalue weighted by Gasteiger charge is 2.28. The molecule has 0 spiro atoms. The molecule has 2 heterocycles. The van der Waals surface area contributed by atoms with Crippen LogP contribution in [-0.2, 0) is 17.6 Å². The number of para-hydroxylation sites is 1. The van der Waals surface area contributed by atoms with E-state index in [-0.39, 0.29) is 11.9 Å². The van der Waals surface area contributed by atoms with Gasteiger partial charge in [-0.15, -0.1) is 0 Å². The van der Waals surface area contributed by atoms with Crippen LogP contribution in [0.25, 0.3) is 0 Å². The molecule has 1 aliphatic heterocycles. The maximum atomic E-state index is 12.5. The summed E-state index contributed by atoms with van der Waals surface area (Å²) >= 11 is 0. The number of hydrogen-bond donors (Lipinski definition) is 1. The van der Waals surface area contributed by atoms with Gasteiger partial charge in [0.15, 0.2) is 0 Å². The molecular formula is C17H19N3O. The number of benzene rings is 1. The number of carbonyl (C=O) groups excluding carboxylic acids is 1. The second-order valence-corrected chi connectivity index (χ2v) is 5.42. The van der Waals surface area contributed by atoms with Gasteiger partial charge in [-0.1, -0.05) is 18.2 Å². The minimum absolute atomic E-state index is 0.134. The molecule has 4 nitrogen and oxygen atoms in total. The van der Waals surface area contributed by atoms with Crippen molar-refractivity contribution < 1.29 is 4.79 Å². The summed E-state index contributed by atoms with van der Waals surface area (Å²) < 4.78 is 0. The molecule has 0 saturated heterocycles. The van der Waals surface area contributed by atoms with Crippen LogP contribution in [0.2, 0.25) is 0 Å². The smallest absolute Gasteiger partial charge is 0.245 e. The van der Waals surface area contributed by atoms with Crippen LogP contribution in [0, 0.1) is 0 Å². The van der Waals surface area contributed by atoms with Crippen LogP contribution in [0.1, 0.15) is 11.1 Å². The Kier molecular flexibility index (Phi) is 3.86. The Morgan fingerprint density at radius 1 is 1.29 bits per heavy atom. The van der Waals surface area contributed by atoms with Crippen LogP contribution in [0.5, 0.6) is 0 Å². The third kappa shape index (κ3) is 3.05. The second kappa shape index (κ2) is 5.95. The lowest BCUT2D eigenvalue weighted by molar-refractivity contribution is -0.130. The van der Waals surface area contributed by atoms with Gasteiger partial charge in [-0.25, -0.2) is 0 Å². The van der Waals surface area contributed by atoms with Crippen molar-refractivity contribution in [1.29, 1.82) is 0 Å². The van der Waals surface area contributed by atoms with E-state index in [1.165, 1.54) is 11.1 Å². The van der Waals surface area contributed by atoms with Crippen molar-refractivity contribution in [2.45, 2.75) is 18.9 Å². The lowest BCUT2D eigenvalue weighted by atomic mass is 10.1. The number of nitrogens with one attached hydrogen (secondary N) is 1. The average molecular weight is 281 g/mol. The summed E-state index contributed by atoms with van der Waals surface area (Å²) in [6.45, 7) is 0.720. The molecule has 0 fully saturated rings. The van der Waals surface area contributed by atoms with E-state index in [1.54, 1.807) is 12.4 Å². The fourth-order valence-electron chi connectivity index (χ4n) is 2.67. The van der Waals surface area contributed by atoms with E-state index in [0.717, 1.165) is 25.1 Å². The number of pyridine rings is 1. The standard InChI is InChI=1S/C17H19N3O/c1-20(11-8-13-6-9-18-10-7-13)17(21)16-12-14-4-2-3-5-15(14)19-16/h2-7,9-10,16,19H,8,11-12H2,1H3/t16-/m0/s1. The molecule has 1 atom stereocenters. The highest BCUT2D eigenvalue weighted by molar-refractivity contribution is 5.87. The van der Waals surface area contributed by atoms with Gasteiger partial charge in [-0.3, -0.25) is 9.78 Å². The number of carbonyl (C=O) groups is 1. The third-order valence-corrected chi connectivity index (χ3v) is 3.93. The van der Waals surface area contributed by atoms with E-state index >= 15 is 0 Å². The van der Waals surface area contributed by atoms with E-state index in [0.29, 0.717) is 0 Å². The molecule has 0 saturated carbocycles. The van der Waals surface area contributed by atoms with Crippen LogP contribution >= 0.6 is 0 Å². The van der Waals surface area contributed by atoms with Gasteiger partial charge in [-0.05, 0) is 35.7 Å². The van der Waals surface area contributed by atoms with Crippen molar-refractivity contribution in [3.05, 3.63) is 59.9 Å². The number of aromatic nitrogens is 1. The Bertz CT molecular complexity index is 602. The largest absolute Gasteiger partial charge is 0.373 e. The minimum atomic E-state index is -0.134. The molecule has 2 aromatic rings. The topological polar surface area (TPSA) is 45.2 Å². The Hall–Kier alpha value is -2.36. The third-order valence-electron chi connectivity index (χ3n) is 3.93. The van der Waals surface area contributed by atoms with Crippen molar-refractivity contribution in [2.75, 3.05) is 18.9 Å². The maximum Gasteiger partial charge on any atom is 0.245 e. The van der Waals surface area contributed by atoms with Gasteiger partial charge in [0.1, 0.15) is 6.04 Å². The van der Waals surface area contributed by atoms with Gasteiger partial charge in [-0.2, -0.15) is 0 Å². The number of anilines is 1. The zero-order valence-electron chi connectivity index (χ0n) is 12.1. The maximum absolute atomic E-state index is 12.5. The molecule has 3 rings (SSSR count). The van der Waals surface area contributed by atoms with Crippen LogP contribution in [0.15, 0.2) is 48.8 Å².